The summed E-state index contributed by atoms with van der Waals surface area (Å²) >= 11 is 0. The largest absolute Gasteiger partial charge is 0.481 e. The summed E-state index contributed by atoms with van der Waals surface area (Å²) < 4.78 is 0. The topological polar surface area (TPSA) is 69.6 Å². The summed E-state index contributed by atoms with van der Waals surface area (Å²) in [6.07, 6.45) is 0.395. The van der Waals surface area contributed by atoms with Gasteiger partial charge in [0.15, 0.2) is 0 Å². The first-order valence-corrected chi connectivity index (χ1v) is 6.40. The molecule has 0 fully saturated rings. The molecule has 0 bridgehead atoms. The Morgan fingerprint density at radius 3 is 2.17 bits per heavy atom. The lowest BCUT2D eigenvalue weighted by molar-refractivity contribution is -0.139. The van der Waals surface area contributed by atoms with Crippen LogP contribution in [0, 0.1) is 0 Å². The van der Waals surface area contributed by atoms with Crippen molar-refractivity contribution < 1.29 is 14.7 Å². The zero-order valence-corrected chi connectivity index (χ0v) is 12.1. The number of aliphatic carboxylic acids is 1. The third-order valence-corrected chi connectivity index (χ3v) is 2.50. The maximum absolute atomic E-state index is 12.0. The molecule has 0 aromatic heterocycles. The van der Waals surface area contributed by atoms with Crippen LogP contribution in [0.1, 0.15) is 47.5 Å². The maximum atomic E-state index is 12.0. The van der Waals surface area contributed by atoms with Gasteiger partial charge >= 0.3 is 5.97 Å². The molecule has 2 N–H and O–H groups in total. The van der Waals surface area contributed by atoms with Gasteiger partial charge in [-0.15, -0.1) is 0 Å². The molecule has 0 unspecified atom stereocenters. The quantitative estimate of drug-likeness (QED) is 0.725. The summed E-state index contributed by atoms with van der Waals surface area (Å²) in [5, 5.41) is 11.9. The van der Waals surface area contributed by atoms with Gasteiger partial charge in [-0.3, -0.25) is 9.59 Å². The van der Waals surface area contributed by atoms with Crippen LogP contribution in [0.2, 0.25) is 0 Å². The number of carboxylic acid groups (broad SMARTS) is 1. The zero-order valence-electron chi connectivity index (χ0n) is 12.1. The number of carboxylic acids is 1. The molecule has 1 amide bonds. The number of carbonyl (C=O) groups excluding carboxylic acids is 1. The number of nitrogens with zero attached hydrogens (tertiary/aromatic N) is 1. The monoisotopic (exact) mass is 258 g/mol. The SMILES string of the molecule is CC(C)N(CCC(=O)O)C(=O)CCNC(C)(C)C. The van der Waals surface area contributed by atoms with Crippen LogP contribution in [-0.4, -0.2) is 46.6 Å². The molecule has 0 aliphatic carbocycles. The molecule has 0 aromatic carbocycles. The molecular formula is C13H26N2O3. The summed E-state index contributed by atoms with van der Waals surface area (Å²) in [5.74, 6) is -0.871. The van der Waals surface area contributed by atoms with E-state index in [4.69, 9.17) is 5.11 Å². The van der Waals surface area contributed by atoms with E-state index in [1.807, 2.05) is 34.6 Å². The van der Waals surface area contributed by atoms with Crippen LogP contribution >= 0.6 is 0 Å². The number of carbonyl (C=O) groups is 2. The minimum atomic E-state index is -0.874. The smallest absolute Gasteiger partial charge is 0.305 e. The maximum Gasteiger partial charge on any atom is 0.305 e. The van der Waals surface area contributed by atoms with E-state index in [0.29, 0.717) is 13.0 Å². The predicted molar refractivity (Wildman–Crippen MR) is 71.5 cm³/mol. The van der Waals surface area contributed by atoms with Gasteiger partial charge in [0.05, 0.1) is 6.42 Å². The molecule has 0 saturated carbocycles. The standard InChI is InChI=1S/C13H26N2O3/c1-10(2)15(9-7-12(17)18)11(16)6-8-14-13(3,4)5/h10,14H,6-9H2,1-5H3,(H,17,18). The molecule has 0 rings (SSSR count). The normalized spacial score (nSPS) is 11.7. The fraction of sp³-hybridized carbons (Fsp3) is 0.846. The molecule has 0 radical (unpaired) electrons. The Morgan fingerprint density at radius 1 is 1.22 bits per heavy atom. The van der Waals surface area contributed by atoms with Gasteiger partial charge in [-0.25, -0.2) is 0 Å². The molecule has 5 nitrogen and oxygen atoms in total. The summed E-state index contributed by atoms with van der Waals surface area (Å²) in [7, 11) is 0. The lowest BCUT2D eigenvalue weighted by Gasteiger charge is -2.27. The van der Waals surface area contributed by atoms with Crippen molar-refractivity contribution in [2.45, 2.75) is 59.0 Å². The molecule has 0 spiro atoms. The van der Waals surface area contributed by atoms with Gasteiger partial charge < -0.3 is 15.3 Å². The van der Waals surface area contributed by atoms with E-state index in [0.717, 1.165) is 0 Å². The highest BCUT2D eigenvalue weighted by atomic mass is 16.4. The van der Waals surface area contributed by atoms with Gasteiger partial charge in [-0.1, -0.05) is 0 Å². The fourth-order valence-electron chi connectivity index (χ4n) is 1.58. The van der Waals surface area contributed by atoms with Crippen molar-refractivity contribution in [2.24, 2.45) is 0 Å². The highest BCUT2D eigenvalue weighted by Crippen LogP contribution is 2.04. The summed E-state index contributed by atoms with van der Waals surface area (Å²) in [6.45, 7) is 10.8. The van der Waals surface area contributed by atoms with Crippen LogP contribution in [0.3, 0.4) is 0 Å². The van der Waals surface area contributed by atoms with Crippen LogP contribution in [-0.2, 0) is 9.59 Å². The Labute approximate surface area is 110 Å². The summed E-state index contributed by atoms with van der Waals surface area (Å²) in [4.78, 5) is 24.1. The van der Waals surface area contributed by atoms with Crippen LogP contribution in [0.4, 0.5) is 0 Å². The molecule has 0 aliphatic rings. The van der Waals surface area contributed by atoms with Crippen molar-refractivity contribution in [3.8, 4) is 0 Å². The molecular weight excluding hydrogens is 232 g/mol. The summed E-state index contributed by atoms with van der Waals surface area (Å²) in [5.41, 5.74) is -0.00992. The third-order valence-electron chi connectivity index (χ3n) is 2.50. The minimum Gasteiger partial charge on any atom is -0.481 e. The zero-order chi connectivity index (χ0) is 14.3. The Kier molecular flexibility index (Phi) is 6.91. The van der Waals surface area contributed by atoms with Gasteiger partial charge in [0.2, 0.25) is 5.91 Å². The van der Waals surface area contributed by atoms with Gasteiger partial charge in [0.1, 0.15) is 0 Å². The van der Waals surface area contributed by atoms with Crippen molar-refractivity contribution in [1.82, 2.24) is 10.2 Å². The number of hydrogen-bond donors (Lipinski definition) is 2. The Balaban J connectivity index is 4.19. The summed E-state index contributed by atoms with van der Waals surface area (Å²) in [6, 6.07) is 0.0338. The molecule has 0 aromatic rings. The van der Waals surface area contributed by atoms with Crippen LogP contribution < -0.4 is 5.32 Å². The Bertz CT molecular complexity index is 282. The van der Waals surface area contributed by atoms with Gasteiger partial charge in [0, 0.05) is 31.1 Å². The molecule has 106 valence electrons. The Hall–Kier alpha value is -1.10. The van der Waals surface area contributed by atoms with E-state index in [-0.39, 0.29) is 30.5 Å². The average molecular weight is 258 g/mol. The lowest BCUT2D eigenvalue weighted by Crippen LogP contribution is -2.42. The predicted octanol–water partition coefficient (Wildman–Crippen LogP) is 1.48. The number of nitrogens with one attached hydrogen (secondary N) is 1. The van der Waals surface area contributed by atoms with E-state index >= 15 is 0 Å². The van der Waals surface area contributed by atoms with E-state index in [2.05, 4.69) is 5.32 Å². The van der Waals surface area contributed by atoms with Crippen LogP contribution in [0.25, 0.3) is 0 Å². The first kappa shape index (κ1) is 16.9. The lowest BCUT2D eigenvalue weighted by atomic mass is 10.1. The van der Waals surface area contributed by atoms with Gasteiger partial charge in [-0.05, 0) is 34.6 Å². The molecule has 5 heteroatoms. The number of amides is 1. The highest BCUT2D eigenvalue weighted by Gasteiger charge is 2.18. The molecule has 0 heterocycles. The molecule has 0 saturated heterocycles. The number of hydrogen-bond acceptors (Lipinski definition) is 3. The van der Waals surface area contributed by atoms with Gasteiger partial charge in [0.25, 0.3) is 0 Å². The van der Waals surface area contributed by atoms with Crippen molar-refractivity contribution in [1.29, 1.82) is 0 Å². The second-order valence-corrected chi connectivity index (χ2v) is 5.75. The molecule has 18 heavy (non-hydrogen) atoms. The van der Waals surface area contributed by atoms with E-state index in [9.17, 15) is 9.59 Å². The van der Waals surface area contributed by atoms with Gasteiger partial charge in [-0.2, -0.15) is 0 Å². The van der Waals surface area contributed by atoms with Crippen molar-refractivity contribution >= 4 is 11.9 Å². The second-order valence-electron chi connectivity index (χ2n) is 5.75. The first-order chi connectivity index (χ1) is 8.13. The molecule has 0 aliphatic heterocycles. The molecule has 0 atom stereocenters. The average Bonchev–Trinajstić information content (AvgIpc) is 2.14. The number of rotatable bonds is 7. The fourth-order valence-corrected chi connectivity index (χ4v) is 1.58. The second kappa shape index (κ2) is 7.36. The third kappa shape index (κ3) is 8.06. The highest BCUT2D eigenvalue weighted by molar-refractivity contribution is 5.77. The van der Waals surface area contributed by atoms with Crippen LogP contribution in [0.5, 0.6) is 0 Å². The van der Waals surface area contributed by atoms with Crippen molar-refractivity contribution in [3.05, 3.63) is 0 Å². The minimum absolute atomic E-state index is 0.00278. The van der Waals surface area contributed by atoms with E-state index in [1.165, 1.54) is 0 Å². The van der Waals surface area contributed by atoms with E-state index < -0.39 is 5.97 Å². The Morgan fingerprint density at radius 2 is 1.78 bits per heavy atom. The van der Waals surface area contributed by atoms with Crippen LogP contribution in [0.15, 0.2) is 0 Å². The first-order valence-electron chi connectivity index (χ1n) is 6.40. The van der Waals surface area contributed by atoms with Crippen molar-refractivity contribution in [3.63, 3.8) is 0 Å². The van der Waals surface area contributed by atoms with E-state index in [1.54, 1.807) is 4.90 Å². The van der Waals surface area contributed by atoms with Crippen molar-refractivity contribution in [2.75, 3.05) is 13.1 Å².